The molecule has 0 aliphatic rings. The molecule has 2 rings (SSSR count). The SMILES string of the molecule is Br.COc1ccc2nc(SCC(=O)C(C)(C)C)[nH]c2c1. The Bertz CT molecular complexity index is 605. The van der Waals surface area contributed by atoms with Crippen LogP contribution in [0.1, 0.15) is 20.8 Å². The van der Waals surface area contributed by atoms with Gasteiger partial charge in [0, 0.05) is 11.5 Å². The van der Waals surface area contributed by atoms with Gasteiger partial charge in [0.2, 0.25) is 0 Å². The first-order valence-electron chi connectivity index (χ1n) is 6.10. The predicted octanol–water partition coefficient (Wildman–Crippen LogP) is 3.86. The lowest BCUT2D eigenvalue weighted by molar-refractivity contribution is -0.123. The quantitative estimate of drug-likeness (QED) is 0.843. The number of ketones is 1. The number of hydrogen-bond donors (Lipinski definition) is 1. The molecule has 6 heteroatoms. The van der Waals surface area contributed by atoms with Crippen LogP contribution in [-0.4, -0.2) is 28.6 Å². The number of H-pyrrole nitrogens is 1. The van der Waals surface area contributed by atoms with Gasteiger partial charge in [-0.15, -0.1) is 17.0 Å². The Morgan fingerprint density at radius 2 is 2.10 bits per heavy atom. The van der Waals surface area contributed by atoms with Crippen LogP contribution in [0.4, 0.5) is 0 Å². The summed E-state index contributed by atoms with van der Waals surface area (Å²) in [5, 5.41) is 0.765. The molecule has 0 radical (unpaired) electrons. The number of carbonyl (C=O) groups excluding carboxylic acids is 1. The lowest BCUT2D eigenvalue weighted by atomic mass is 9.92. The van der Waals surface area contributed by atoms with Gasteiger partial charge in [-0.3, -0.25) is 4.79 Å². The van der Waals surface area contributed by atoms with E-state index in [1.807, 2.05) is 39.0 Å². The Morgan fingerprint density at radius 3 is 2.70 bits per heavy atom. The monoisotopic (exact) mass is 358 g/mol. The van der Waals surface area contributed by atoms with Crippen molar-refractivity contribution in [1.29, 1.82) is 0 Å². The Balaban J connectivity index is 0.00000200. The number of fused-ring (bicyclic) bond motifs is 1. The maximum atomic E-state index is 11.9. The van der Waals surface area contributed by atoms with Gasteiger partial charge in [0.1, 0.15) is 11.5 Å². The van der Waals surface area contributed by atoms with Gasteiger partial charge in [-0.1, -0.05) is 32.5 Å². The number of rotatable bonds is 4. The third kappa shape index (κ3) is 3.99. The van der Waals surface area contributed by atoms with Gasteiger partial charge in [0.05, 0.1) is 23.9 Å². The van der Waals surface area contributed by atoms with E-state index >= 15 is 0 Å². The summed E-state index contributed by atoms with van der Waals surface area (Å²) in [7, 11) is 1.63. The first-order valence-corrected chi connectivity index (χ1v) is 7.08. The van der Waals surface area contributed by atoms with Gasteiger partial charge in [-0.05, 0) is 12.1 Å². The highest BCUT2D eigenvalue weighted by Crippen LogP contribution is 2.25. The molecule has 0 aliphatic carbocycles. The highest BCUT2D eigenvalue weighted by molar-refractivity contribution is 8.93. The zero-order valence-electron chi connectivity index (χ0n) is 12.0. The molecule has 0 saturated carbocycles. The van der Waals surface area contributed by atoms with Crippen LogP contribution in [0.15, 0.2) is 23.4 Å². The number of hydrogen-bond acceptors (Lipinski definition) is 4. The summed E-state index contributed by atoms with van der Waals surface area (Å²) in [5.41, 5.74) is 1.50. The van der Waals surface area contributed by atoms with Gasteiger partial charge in [0.25, 0.3) is 0 Å². The van der Waals surface area contributed by atoms with E-state index in [0.29, 0.717) is 5.75 Å². The smallest absolute Gasteiger partial charge is 0.166 e. The summed E-state index contributed by atoms with van der Waals surface area (Å²) in [5.74, 6) is 1.44. The number of benzene rings is 1. The summed E-state index contributed by atoms with van der Waals surface area (Å²) < 4.78 is 5.17. The first-order chi connectivity index (χ1) is 8.90. The third-order valence-electron chi connectivity index (χ3n) is 2.84. The fourth-order valence-electron chi connectivity index (χ4n) is 1.51. The highest BCUT2D eigenvalue weighted by atomic mass is 79.9. The van der Waals surface area contributed by atoms with Gasteiger partial charge in [0.15, 0.2) is 5.16 Å². The topological polar surface area (TPSA) is 55.0 Å². The number of imidazole rings is 1. The fourth-order valence-corrected chi connectivity index (χ4v) is 2.56. The van der Waals surface area contributed by atoms with E-state index in [-0.39, 0.29) is 28.2 Å². The molecular formula is C14H19BrN2O2S. The molecule has 1 heterocycles. The standard InChI is InChI=1S/C14H18N2O2S.BrH/c1-14(2,3)12(17)8-19-13-15-10-6-5-9(18-4)7-11(10)16-13;/h5-7H,8H2,1-4H3,(H,15,16);1H. The summed E-state index contributed by atoms with van der Waals surface area (Å²) in [6.07, 6.45) is 0. The van der Waals surface area contributed by atoms with E-state index in [2.05, 4.69) is 9.97 Å². The Hall–Kier alpha value is -1.01. The maximum absolute atomic E-state index is 11.9. The first kappa shape index (κ1) is 17.0. The minimum Gasteiger partial charge on any atom is -0.497 e. The van der Waals surface area contributed by atoms with Crippen LogP contribution >= 0.6 is 28.7 Å². The molecule has 0 bridgehead atoms. The zero-order chi connectivity index (χ0) is 14.0. The number of nitrogens with zero attached hydrogens (tertiary/aromatic N) is 1. The molecule has 0 amide bonds. The molecule has 110 valence electrons. The van der Waals surface area contributed by atoms with E-state index in [1.54, 1.807) is 7.11 Å². The summed E-state index contributed by atoms with van der Waals surface area (Å²) in [6, 6.07) is 5.68. The Kier molecular flexibility index (Phi) is 5.65. The summed E-state index contributed by atoms with van der Waals surface area (Å²) in [6.45, 7) is 5.79. The van der Waals surface area contributed by atoms with Crippen LogP contribution < -0.4 is 4.74 Å². The van der Waals surface area contributed by atoms with Crippen LogP contribution in [0.3, 0.4) is 0 Å². The molecule has 0 unspecified atom stereocenters. The van der Waals surface area contributed by atoms with Crippen molar-refractivity contribution in [3.8, 4) is 5.75 Å². The van der Waals surface area contributed by atoms with Crippen LogP contribution in [-0.2, 0) is 4.79 Å². The summed E-state index contributed by atoms with van der Waals surface area (Å²) in [4.78, 5) is 19.5. The van der Waals surface area contributed by atoms with Gasteiger partial charge in [-0.2, -0.15) is 0 Å². The maximum Gasteiger partial charge on any atom is 0.166 e. The van der Waals surface area contributed by atoms with Crippen molar-refractivity contribution in [3.05, 3.63) is 18.2 Å². The van der Waals surface area contributed by atoms with Gasteiger partial charge < -0.3 is 9.72 Å². The average Bonchev–Trinajstić information content (AvgIpc) is 2.76. The van der Waals surface area contributed by atoms with Crippen molar-refractivity contribution in [2.45, 2.75) is 25.9 Å². The Morgan fingerprint density at radius 1 is 1.40 bits per heavy atom. The van der Waals surface area contributed by atoms with E-state index in [0.717, 1.165) is 21.9 Å². The van der Waals surface area contributed by atoms with Crippen molar-refractivity contribution in [2.24, 2.45) is 5.41 Å². The molecule has 1 aromatic carbocycles. The van der Waals surface area contributed by atoms with Crippen LogP contribution in [0.2, 0.25) is 0 Å². The third-order valence-corrected chi connectivity index (χ3v) is 3.72. The van der Waals surface area contributed by atoms with Crippen molar-refractivity contribution in [1.82, 2.24) is 9.97 Å². The largest absolute Gasteiger partial charge is 0.497 e. The molecule has 1 N–H and O–H groups in total. The van der Waals surface area contributed by atoms with Gasteiger partial charge in [-0.25, -0.2) is 4.98 Å². The average molecular weight is 359 g/mol. The molecule has 0 aliphatic heterocycles. The van der Waals surface area contributed by atoms with Gasteiger partial charge >= 0.3 is 0 Å². The van der Waals surface area contributed by atoms with Crippen LogP contribution in [0.25, 0.3) is 11.0 Å². The second-order valence-electron chi connectivity index (χ2n) is 5.39. The van der Waals surface area contributed by atoms with E-state index < -0.39 is 0 Å². The number of halogens is 1. The molecule has 0 atom stereocenters. The molecule has 0 spiro atoms. The van der Waals surface area contributed by atoms with Crippen molar-refractivity contribution < 1.29 is 9.53 Å². The van der Waals surface area contributed by atoms with Crippen molar-refractivity contribution in [3.63, 3.8) is 0 Å². The number of methoxy groups -OCH3 is 1. The summed E-state index contributed by atoms with van der Waals surface area (Å²) >= 11 is 1.44. The molecule has 4 nitrogen and oxygen atoms in total. The van der Waals surface area contributed by atoms with E-state index in [4.69, 9.17) is 4.74 Å². The Labute approximate surface area is 133 Å². The molecule has 0 saturated heterocycles. The molecule has 2 aromatic rings. The minimum atomic E-state index is -0.303. The van der Waals surface area contributed by atoms with Crippen LogP contribution in [0.5, 0.6) is 5.75 Å². The van der Waals surface area contributed by atoms with E-state index in [1.165, 1.54) is 11.8 Å². The number of nitrogens with one attached hydrogen (secondary N) is 1. The lowest BCUT2D eigenvalue weighted by Crippen LogP contribution is -2.22. The fraction of sp³-hybridized carbons (Fsp3) is 0.429. The lowest BCUT2D eigenvalue weighted by Gasteiger charge is -2.15. The van der Waals surface area contributed by atoms with Crippen LogP contribution in [0, 0.1) is 5.41 Å². The number of ether oxygens (including phenoxy) is 1. The number of aromatic amines is 1. The molecule has 20 heavy (non-hydrogen) atoms. The number of thioether (sulfide) groups is 1. The number of Topliss-reactive ketones (excluding diaryl/α,β-unsaturated/α-hetero) is 1. The van der Waals surface area contributed by atoms with Crippen molar-refractivity contribution in [2.75, 3.05) is 12.9 Å². The highest BCUT2D eigenvalue weighted by Gasteiger charge is 2.21. The number of aromatic nitrogens is 2. The molecule has 0 fully saturated rings. The minimum absolute atomic E-state index is 0. The van der Waals surface area contributed by atoms with Crippen molar-refractivity contribution >= 4 is 45.6 Å². The predicted molar refractivity (Wildman–Crippen MR) is 88.2 cm³/mol. The normalized spacial score (nSPS) is 11.2. The van der Waals surface area contributed by atoms with E-state index in [9.17, 15) is 4.79 Å². The number of carbonyl (C=O) groups is 1. The molecular weight excluding hydrogens is 340 g/mol. The zero-order valence-corrected chi connectivity index (χ0v) is 14.5. The molecule has 1 aromatic heterocycles. The second kappa shape index (κ2) is 6.63. The second-order valence-corrected chi connectivity index (χ2v) is 6.35.